The predicted octanol–water partition coefficient (Wildman–Crippen LogP) is 3.05. The molecule has 1 heterocycles. The third kappa shape index (κ3) is 2.32. The van der Waals surface area contributed by atoms with E-state index >= 15 is 0 Å². The maximum Gasteiger partial charge on any atom is 0.0473 e. The smallest absolute Gasteiger partial charge is 0.0473 e. The highest BCUT2D eigenvalue weighted by Crippen LogP contribution is 2.40. The van der Waals surface area contributed by atoms with Crippen molar-refractivity contribution in [3.8, 4) is 0 Å². The van der Waals surface area contributed by atoms with Crippen LogP contribution in [0.4, 0.5) is 0 Å². The highest BCUT2D eigenvalue weighted by molar-refractivity contribution is 5.30. The summed E-state index contributed by atoms with van der Waals surface area (Å²) < 4.78 is 0. The zero-order chi connectivity index (χ0) is 12.5. The van der Waals surface area contributed by atoms with E-state index in [0.29, 0.717) is 12.1 Å². The normalized spacial score (nSPS) is 26.4. The molecule has 2 fully saturated rings. The van der Waals surface area contributed by atoms with Crippen LogP contribution in [-0.2, 0) is 0 Å². The van der Waals surface area contributed by atoms with E-state index < -0.39 is 0 Å². The first-order valence-electron chi connectivity index (χ1n) is 7.35. The quantitative estimate of drug-likeness (QED) is 0.882. The molecule has 98 valence electrons. The van der Waals surface area contributed by atoms with Crippen LogP contribution in [-0.4, -0.2) is 24.0 Å². The summed E-state index contributed by atoms with van der Waals surface area (Å²) in [5.74, 6) is 0.848. The van der Waals surface area contributed by atoms with Gasteiger partial charge >= 0.3 is 0 Å². The first-order valence-corrected chi connectivity index (χ1v) is 7.35. The molecule has 1 aliphatic heterocycles. The van der Waals surface area contributed by atoms with E-state index in [1.807, 2.05) is 0 Å². The van der Waals surface area contributed by atoms with Crippen LogP contribution in [0.2, 0.25) is 0 Å². The molecule has 2 nitrogen and oxygen atoms in total. The minimum absolute atomic E-state index is 0.413. The second-order valence-electron chi connectivity index (χ2n) is 5.92. The molecular formula is C16H24N2. The van der Waals surface area contributed by atoms with E-state index in [1.165, 1.54) is 43.4 Å². The largest absolute Gasteiger partial charge is 0.329 e. The molecule has 1 aliphatic carbocycles. The summed E-state index contributed by atoms with van der Waals surface area (Å²) >= 11 is 0. The molecule has 0 bridgehead atoms. The van der Waals surface area contributed by atoms with Crippen molar-refractivity contribution in [3.63, 3.8) is 0 Å². The molecule has 0 aromatic heterocycles. The molecular weight excluding hydrogens is 220 g/mol. The Bertz CT molecular complexity index is 394. The lowest BCUT2D eigenvalue weighted by Gasteiger charge is -2.31. The van der Waals surface area contributed by atoms with Crippen molar-refractivity contribution >= 4 is 0 Å². The molecule has 2 atom stereocenters. The van der Waals surface area contributed by atoms with Gasteiger partial charge in [0.1, 0.15) is 0 Å². The average molecular weight is 244 g/mol. The number of nitrogens with two attached hydrogens (primary N) is 1. The molecule has 1 saturated heterocycles. The number of benzene rings is 1. The van der Waals surface area contributed by atoms with Gasteiger partial charge in [0.15, 0.2) is 0 Å². The van der Waals surface area contributed by atoms with Gasteiger partial charge in [0.05, 0.1) is 0 Å². The fourth-order valence-corrected chi connectivity index (χ4v) is 3.29. The van der Waals surface area contributed by atoms with Gasteiger partial charge in [-0.1, -0.05) is 24.3 Å². The molecule has 0 spiro atoms. The fraction of sp³-hybridized carbons (Fsp3) is 0.625. The minimum Gasteiger partial charge on any atom is -0.329 e. The van der Waals surface area contributed by atoms with Gasteiger partial charge < -0.3 is 5.73 Å². The summed E-state index contributed by atoms with van der Waals surface area (Å²) in [6.07, 6.45) is 5.39. The second-order valence-corrected chi connectivity index (χ2v) is 5.92. The molecule has 3 rings (SSSR count). The van der Waals surface area contributed by atoms with Crippen LogP contribution < -0.4 is 5.73 Å². The number of rotatable bonds is 4. The van der Waals surface area contributed by atoms with Crippen molar-refractivity contribution in [1.82, 2.24) is 4.90 Å². The van der Waals surface area contributed by atoms with Crippen molar-refractivity contribution in [2.45, 2.75) is 50.6 Å². The topological polar surface area (TPSA) is 29.3 Å². The summed E-state index contributed by atoms with van der Waals surface area (Å²) in [5, 5.41) is 0. The average Bonchev–Trinajstić information content (AvgIpc) is 3.16. The first kappa shape index (κ1) is 12.2. The predicted molar refractivity (Wildman–Crippen MR) is 75.6 cm³/mol. The second kappa shape index (κ2) is 5.02. The van der Waals surface area contributed by atoms with Crippen LogP contribution in [0.25, 0.3) is 0 Å². The zero-order valence-corrected chi connectivity index (χ0v) is 11.3. The van der Waals surface area contributed by atoms with Gasteiger partial charge in [-0.3, -0.25) is 4.90 Å². The van der Waals surface area contributed by atoms with E-state index in [1.54, 1.807) is 0 Å². The molecule has 2 aliphatic rings. The van der Waals surface area contributed by atoms with Gasteiger partial charge in [-0.15, -0.1) is 0 Å². The third-order valence-corrected chi connectivity index (χ3v) is 4.60. The van der Waals surface area contributed by atoms with Crippen molar-refractivity contribution in [1.29, 1.82) is 0 Å². The Morgan fingerprint density at radius 3 is 2.44 bits per heavy atom. The van der Waals surface area contributed by atoms with Crippen LogP contribution >= 0.6 is 0 Å². The summed E-state index contributed by atoms with van der Waals surface area (Å²) in [6.45, 7) is 4.26. The minimum atomic E-state index is 0.413. The van der Waals surface area contributed by atoms with E-state index in [9.17, 15) is 0 Å². The number of hydrogen-bond acceptors (Lipinski definition) is 2. The molecule has 18 heavy (non-hydrogen) atoms. The van der Waals surface area contributed by atoms with Gasteiger partial charge in [-0.05, 0) is 56.2 Å². The summed E-state index contributed by atoms with van der Waals surface area (Å²) in [5.41, 5.74) is 8.93. The number of hydrogen-bond donors (Lipinski definition) is 1. The summed E-state index contributed by atoms with van der Waals surface area (Å²) in [6, 6.07) is 10.3. The van der Waals surface area contributed by atoms with Crippen LogP contribution in [0.5, 0.6) is 0 Å². The molecule has 2 heteroatoms. The van der Waals surface area contributed by atoms with Gasteiger partial charge in [0.25, 0.3) is 0 Å². The van der Waals surface area contributed by atoms with Crippen molar-refractivity contribution in [2.75, 3.05) is 13.1 Å². The monoisotopic (exact) mass is 244 g/mol. The van der Waals surface area contributed by atoms with Gasteiger partial charge in [-0.25, -0.2) is 0 Å². The van der Waals surface area contributed by atoms with E-state index in [2.05, 4.69) is 36.1 Å². The molecule has 1 aromatic rings. The highest BCUT2D eigenvalue weighted by atomic mass is 15.2. The fourth-order valence-electron chi connectivity index (χ4n) is 3.29. The van der Waals surface area contributed by atoms with Crippen molar-refractivity contribution in [3.05, 3.63) is 35.4 Å². The molecule has 2 unspecified atom stereocenters. The van der Waals surface area contributed by atoms with Crippen LogP contribution in [0.3, 0.4) is 0 Å². The van der Waals surface area contributed by atoms with Crippen LogP contribution in [0, 0.1) is 0 Å². The molecule has 0 radical (unpaired) electrons. The number of nitrogens with zero attached hydrogens (tertiary/aromatic N) is 1. The maximum atomic E-state index is 6.02. The molecule has 2 N–H and O–H groups in total. The lowest BCUT2D eigenvalue weighted by Crippen LogP contribution is -2.35. The Hall–Kier alpha value is -0.860. The standard InChI is InChI=1S/C16H24N2/c1-12-3-2-10-18(12)16(11-17)15-8-6-14(7-9-15)13-4-5-13/h6-9,12-13,16H,2-5,10-11,17H2,1H3. The third-order valence-electron chi connectivity index (χ3n) is 4.60. The maximum absolute atomic E-state index is 6.02. The Balaban J connectivity index is 1.77. The Morgan fingerprint density at radius 1 is 1.22 bits per heavy atom. The Morgan fingerprint density at radius 2 is 1.94 bits per heavy atom. The summed E-state index contributed by atoms with van der Waals surface area (Å²) in [7, 11) is 0. The zero-order valence-electron chi connectivity index (χ0n) is 11.3. The Kier molecular flexibility index (Phi) is 3.40. The lowest BCUT2D eigenvalue weighted by atomic mass is 10.0. The van der Waals surface area contributed by atoms with Gasteiger partial charge in [0.2, 0.25) is 0 Å². The molecule has 1 aromatic carbocycles. The Labute approximate surface area is 110 Å². The molecule has 1 saturated carbocycles. The lowest BCUT2D eigenvalue weighted by molar-refractivity contribution is 0.195. The first-order chi connectivity index (χ1) is 8.79. The van der Waals surface area contributed by atoms with E-state index in [0.717, 1.165) is 12.5 Å². The van der Waals surface area contributed by atoms with Gasteiger partial charge in [0, 0.05) is 18.6 Å². The number of likely N-dealkylation sites (tertiary alicyclic amines) is 1. The summed E-state index contributed by atoms with van der Waals surface area (Å²) in [4.78, 5) is 2.58. The van der Waals surface area contributed by atoms with Crippen molar-refractivity contribution < 1.29 is 0 Å². The SMILES string of the molecule is CC1CCCN1C(CN)c1ccc(C2CC2)cc1. The van der Waals surface area contributed by atoms with Crippen molar-refractivity contribution in [2.24, 2.45) is 5.73 Å². The van der Waals surface area contributed by atoms with Crippen LogP contribution in [0.1, 0.15) is 55.7 Å². The highest BCUT2D eigenvalue weighted by Gasteiger charge is 2.28. The van der Waals surface area contributed by atoms with Crippen LogP contribution in [0.15, 0.2) is 24.3 Å². The van der Waals surface area contributed by atoms with E-state index in [-0.39, 0.29) is 0 Å². The molecule has 0 amide bonds. The van der Waals surface area contributed by atoms with Gasteiger partial charge in [-0.2, -0.15) is 0 Å². The van der Waals surface area contributed by atoms with E-state index in [4.69, 9.17) is 5.73 Å².